The molecule has 0 spiro atoms. The van der Waals surface area contributed by atoms with Crippen molar-refractivity contribution >= 4 is 17.5 Å². The SMILES string of the molecule is O=C(NCC(c1ccccc1)c1ccccc1)c1cccc(NC(=O)[C@H]2CCCO2)c1. The normalized spacial score (nSPS) is 15.6. The lowest BCUT2D eigenvalue weighted by molar-refractivity contribution is -0.124. The summed E-state index contributed by atoms with van der Waals surface area (Å²) in [5, 5.41) is 5.91. The highest BCUT2D eigenvalue weighted by Gasteiger charge is 2.23. The molecule has 158 valence electrons. The number of hydrogen-bond donors (Lipinski definition) is 2. The Morgan fingerprint density at radius 1 is 0.903 bits per heavy atom. The van der Waals surface area contributed by atoms with E-state index in [1.54, 1.807) is 24.3 Å². The molecule has 5 nitrogen and oxygen atoms in total. The smallest absolute Gasteiger partial charge is 0.253 e. The number of amides is 2. The molecule has 4 rings (SSSR count). The first-order chi connectivity index (χ1) is 15.2. The van der Waals surface area contributed by atoms with E-state index in [4.69, 9.17) is 4.74 Å². The van der Waals surface area contributed by atoms with Crippen LogP contribution in [-0.4, -0.2) is 31.1 Å². The molecule has 2 N–H and O–H groups in total. The zero-order valence-electron chi connectivity index (χ0n) is 17.3. The van der Waals surface area contributed by atoms with E-state index in [2.05, 4.69) is 34.9 Å². The van der Waals surface area contributed by atoms with Crippen LogP contribution in [0.15, 0.2) is 84.9 Å². The van der Waals surface area contributed by atoms with Gasteiger partial charge in [0.1, 0.15) is 6.10 Å². The van der Waals surface area contributed by atoms with Crippen LogP contribution in [-0.2, 0) is 9.53 Å². The van der Waals surface area contributed by atoms with Crippen LogP contribution < -0.4 is 10.6 Å². The summed E-state index contributed by atoms with van der Waals surface area (Å²) < 4.78 is 5.42. The molecule has 3 aromatic rings. The van der Waals surface area contributed by atoms with Crippen molar-refractivity contribution < 1.29 is 14.3 Å². The fraction of sp³-hybridized carbons (Fsp3) is 0.231. The number of hydrogen-bond acceptors (Lipinski definition) is 3. The Balaban J connectivity index is 1.44. The monoisotopic (exact) mass is 414 g/mol. The van der Waals surface area contributed by atoms with Crippen LogP contribution in [0.4, 0.5) is 5.69 Å². The maximum Gasteiger partial charge on any atom is 0.253 e. The summed E-state index contributed by atoms with van der Waals surface area (Å²) in [4.78, 5) is 25.1. The number of carbonyl (C=O) groups excluding carboxylic acids is 2. The average molecular weight is 415 g/mol. The van der Waals surface area contributed by atoms with Crippen LogP contribution in [0.5, 0.6) is 0 Å². The Labute approximate surface area is 182 Å². The second-order valence-electron chi connectivity index (χ2n) is 7.66. The van der Waals surface area contributed by atoms with E-state index in [9.17, 15) is 9.59 Å². The van der Waals surface area contributed by atoms with Gasteiger partial charge in [-0.2, -0.15) is 0 Å². The maximum atomic E-state index is 12.9. The minimum absolute atomic E-state index is 0.0498. The van der Waals surface area contributed by atoms with Crippen LogP contribution >= 0.6 is 0 Å². The highest BCUT2D eigenvalue weighted by molar-refractivity contribution is 5.98. The lowest BCUT2D eigenvalue weighted by atomic mass is 9.91. The van der Waals surface area contributed by atoms with E-state index in [-0.39, 0.29) is 17.7 Å². The van der Waals surface area contributed by atoms with Crippen LogP contribution in [0.25, 0.3) is 0 Å². The molecule has 1 aliphatic heterocycles. The third kappa shape index (κ3) is 5.38. The Morgan fingerprint density at radius 3 is 2.19 bits per heavy atom. The summed E-state index contributed by atoms with van der Waals surface area (Å²) in [5.41, 5.74) is 3.39. The fourth-order valence-corrected chi connectivity index (χ4v) is 3.84. The third-order valence-electron chi connectivity index (χ3n) is 5.49. The zero-order chi connectivity index (χ0) is 21.5. The van der Waals surface area contributed by atoms with Gasteiger partial charge in [0.15, 0.2) is 0 Å². The Bertz CT molecular complexity index is 976. The Kier molecular flexibility index (Phi) is 6.75. The Hall–Kier alpha value is -3.44. The molecule has 1 saturated heterocycles. The van der Waals surface area contributed by atoms with Gasteiger partial charge in [-0.3, -0.25) is 9.59 Å². The van der Waals surface area contributed by atoms with Gasteiger partial charge in [-0.15, -0.1) is 0 Å². The van der Waals surface area contributed by atoms with Crippen molar-refractivity contribution in [1.82, 2.24) is 5.32 Å². The van der Waals surface area contributed by atoms with Crippen molar-refractivity contribution in [2.24, 2.45) is 0 Å². The minimum Gasteiger partial charge on any atom is -0.368 e. The van der Waals surface area contributed by atoms with Gasteiger partial charge in [0, 0.05) is 30.3 Å². The van der Waals surface area contributed by atoms with E-state index in [0.29, 0.717) is 24.4 Å². The topological polar surface area (TPSA) is 67.4 Å². The molecule has 1 atom stereocenters. The second-order valence-corrected chi connectivity index (χ2v) is 7.66. The molecule has 0 saturated carbocycles. The van der Waals surface area contributed by atoms with Gasteiger partial charge in [0.2, 0.25) is 0 Å². The van der Waals surface area contributed by atoms with E-state index in [1.807, 2.05) is 36.4 Å². The van der Waals surface area contributed by atoms with Crippen LogP contribution in [0.1, 0.15) is 40.2 Å². The Morgan fingerprint density at radius 2 is 1.58 bits per heavy atom. The van der Waals surface area contributed by atoms with Crippen molar-refractivity contribution in [1.29, 1.82) is 0 Å². The maximum absolute atomic E-state index is 12.9. The number of rotatable bonds is 7. The van der Waals surface area contributed by atoms with E-state index in [0.717, 1.165) is 24.0 Å². The molecule has 0 aromatic heterocycles. The van der Waals surface area contributed by atoms with Crippen LogP contribution in [0.2, 0.25) is 0 Å². The predicted octanol–water partition coefficient (Wildman–Crippen LogP) is 4.37. The van der Waals surface area contributed by atoms with Crippen molar-refractivity contribution in [3.05, 3.63) is 102 Å². The molecular weight excluding hydrogens is 388 g/mol. The zero-order valence-corrected chi connectivity index (χ0v) is 17.3. The molecule has 1 aliphatic rings. The molecule has 0 bridgehead atoms. The van der Waals surface area contributed by atoms with Gasteiger partial charge in [-0.25, -0.2) is 0 Å². The van der Waals surface area contributed by atoms with Gasteiger partial charge in [-0.1, -0.05) is 66.7 Å². The molecule has 2 amide bonds. The summed E-state index contributed by atoms with van der Waals surface area (Å²) in [7, 11) is 0. The highest BCUT2D eigenvalue weighted by atomic mass is 16.5. The molecule has 5 heteroatoms. The third-order valence-corrected chi connectivity index (χ3v) is 5.49. The van der Waals surface area contributed by atoms with Gasteiger partial charge >= 0.3 is 0 Å². The second kappa shape index (κ2) is 10.0. The highest BCUT2D eigenvalue weighted by Crippen LogP contribution is 2.24. The number of carbonyl (C=O) groups is 2. The summed E-state index contributed by atoms with van der Waals surface area (Å²) in [6.45, 7) is 1.09. The van der Waals surface area contributed by atoms with Gasteiger partial charge in [0.05, 0.1) is 0 Å². The largest absolute Gasteiger partial charge is 0.368 e. The molecule has 0 aliphatic carbocycles. The van der Waals surface area contributed by atoms with Gasteiger partial charge < -0.3 is 15.4 Å². The molecule has 1 fully saturated rings. The van der Waals surface area contributed by atoms with E-state index in [1.165, 1.54) is 0 Å². The number of benzene rings is 3. The molecule has 3 aromatic carbocycles. The van der Waals surface area contributed by atoms with Gasteiger partial charge in [0.25, 0.3) is 11.8 Å². The number of ether oxygens (including phenoxy) is 1. The molecule has 1 heterocycles. The average Bonchev–Trinajstić information content (AvgIpc) is 3.36. The summed E-state index contributed by atoms with van der Waals surface area (Å²) in [6, 6.07) is 27.3. The standard InChI is InChI=1S/C26H26N2O3/c29-25(21-13-7-14-22(17-21)28-26(30)24-15-8-16-31-24)27-18-23(19-9-3-1-4-10-19)20-11-5-2-6-12-20/h1-7,9-14,17,23-24H,8,15-16,18H2,(H,27,29)(H,28,30)/t24-/m1/s1. The van der Waals surface area contributed by atoms with E-state index < -0.39 is 6.10 Å². The molecular formula is C26H26N2O3. The minimum atomic E-state index is -0.407. The van der Waals surface area contributed by atoms with Crippen molar-refractivity contribution in [2.75, 3.05) is 18.5 Å². The van der Waals surface area contributed by atoms with Gasteiger partial charge in [-0.05, 0) is 42.2 Å². The first-order valence-electron chi connectivity index (χ1n) is 10.6. The van der Waals surface area contributed by atoms with E-state index >= 15 is 0 Å². The lowest BCUT2D eigenvalue weighted by Gasteiger charge is -2.19. The first kappa shape index (κ1) is 20.8. The summed E-state index contributed by atoms with van der Waals surface area (Å²) >= 11 is 0. The van der Waals surface area contributed by atoms with Crippen molar-refractivity contribution in [2.45, 2.75) is 24.9 Å². The summed E-state index contributed by atoms with van der Waals surface area (Å²) in [5.74, 6) is -0.290. The lowest BCUT2D eigenvalue weighted by Crippen LogP contribution is -2.29. The number of nitrogens with one attached hydrogen (secondary N) is 2. The van der Waals surface area contributed by atoms with Crippen molar-refractivity contribution in [3.63, 3.8) is 0 Å². The van der Waals surface area contributed by atoms with Crippen LogP contribution in [0, 0.1) is 0 Å². The number of anilines is 1. The van der Waals surface area contributed by atoms with Crippen LogP contribution in [0.3, 0.4) is 0 Å². The summed E-state index contributed by atoms with van der Waals surface area (Å²) in [6.07, 6.45) is 1.21. The predicted molar refractivity (Wildman–Crippen MR) is 121 cm³/mol. The van der Waals surface area contributed by atoms with Crippen molar-refractivity contribution in [3.8, 4) is 0 Å². The molecule has 0 unspecified atom stereocenters. The fourth-order valence-electron chi connectivity index (χ4n) is 3.84. The first-order valence-corrected chi connectivity index (χ1v) is 10.6. The molecule has 0 radical (unpaired) electrons. The molecule has 31 heavy (non-hydrogen) atoms. The quantitative estimate of drug-likeness (QED) is 0.603.